The van der Waals surface area contributed by atoms with Crippen LogP contribution in [0, 0.1) is 5.92 Å². The number of nitrogens with one attached hydrogen (secondary N) is 2. The molecule has 1 aliphatic carbocycles. The standard InChI is InChI=1S/C18H21N3O5/c1-25-10-9-14(23)20-18(24)19-12-7-8-13(22)17-15(12)16(21-26-17)11-5-3-2-4-6-11/h2-6,9-10,12-13,15,17,22H,7-8H2,1H3,(H2,19,20,23,24)/b10-9-/t12-,13+,15-,17-/m1/s1. The molecule has 8 nitrogen and oxygen atoms in total. The number of carbonyl (C=O) groups is 2. The van der Waals surface area contributed by atoms with Gasteiger partial charge in [0.05, 0.1) is 31.1 Å². The van der Waals surface area contributed by atoms with Gasteiger partial charge in [0.1, 0.15) is 0 Å². The summed E-state index contributed by atoms with van der Waals surface area (Å²) < 4.78 is 4.64. The highest BCUT2D eigenvalue weighted by Gasteiger charge is 2.48. The Hall–Kier alpha value is -2.87. The molecule has 0 bridgehead atoms. The predicted molar refractivity (Wildman–Crippen MR) is 93.2 cm³/mol. The average Bonchev–Trinajstić information content (AvgIpc) is 3.09. The number of rotatable bonds is 4. The molecule has 138 valence electrons. The van der Waals surface area contributed by atoms with Gasteiger partial charge in [-0.3, -0.25) is 10.1 Å². The highest BCUT2D eigenvalue weighted by atomic mass is 16.7. The molecule has 3 N–H and O–H groups in total. The number of urea groups is 1. The molecule has 2 aliphatic rings. The van der Waals surface area contributed by atoms with Crippen LogP contribution in [0.4, 0.5) is 4.79 Å². The number of hydrogen-bond acceptors (Lipinski definition) is 6. The van der Waals surface area contributed by atoms with Crippen molar-refractivity contribution < 1.29 is 24.3 Å². The Bertz CT molecular complexity index is 719. The molecule has 1 aromatic carbocycles. The van der Waals surface area contributed by atoms with Crippen molar-refractivity contribution in [1.29, 1.82) is 0 Å². The van der Waals surface area contributed by atoms with Crippen molar-refractivity contribution in [1.82, 2.24) is 10.6 Å². The van der Waals surface area contributed by atoms with Gasteiger partial charge in [0.15, 0.2) is 6.10 Å². The number of aliphatic hydroxyl groups is 1. The topological polar surface area (TPSA) is 109 Å². The summed E-state index contributed by atoms with van der Waals surface area (Å²) >= 11 is 0. The lowest BCUT2D eigenvalue weighted by atomic mass is 9.76. The van der Waals surface area contributed by atoms with Gasteiger partial charge < -0.3 is 20.0 Å². The fourth-order valence-electron chi connectivity index (χ4n) is 3.33. The van der Waals surface area contributed by atoms with Crippen molar-refractivity contribution in [3.05, 3.63) is 48.2 Å². The van der Waals surface area contributed by atoms with E-state index in [0.29, 0.717) is 18.6 Å². The maximum atomic E-state index is 12.1. The van der Waals surface area contributed by atoms with Gasteiger partial charge in [0.2, 0.25) is 0 Å². The Morgan fingerprint density at radius 2 is 2.08 bits per heavy atom. The summed E-state index contributed by atoms with van der Waals surface area (Å²) in [5, 5.41) is 19.4. The highest BCUT2D eigenvalue weighted by molar-refractivity contribution is 6.04. The Morgan fingerprint density at radius 1 is 1.31 bits per heavy atom. The van der Waals surface area contributed by atoms with Crippen LogP contribution < -0.4 is 10.6 Å². The Balaban J connectivity index is 1.72. The van der Waals surface area contributed by atoms with E-state index in [1.807, 2.05) is 30.3 Å². The molecule has 3 rings (SSSR count). The number of oxime groups is 1. The molecular weight excluding hydrogens is 338 g/mol. The molecule has 0 aromatic heterocycles. The van der Waals surface area contributed by atoms with E-state index in [2.05, 4.69) is 20.5 Å². The van der Waals surface area contributed by atoms with E-state index >= 15 is 0 Å². The number of methoxy groups -OCH3 is 1. The van der Waals surface area contributed by atoms with E-state index in [1.165, 1.54) is 13.4 Å². The summed E-state index contributed by atoms with van der Waals surface area (Å²) in [6, 6.07) is 8.55. The molecule has 8 heteroatoms. The number of ether oxygens (including phenoxy) is 1. The molecule has 1 saturated carbocycles. The van der Waals surface area contributed by atoms with Crippen LogP contribution in [-0.2, 0) is 14.4 Å². The fourth-order valence-corrected chi connectivity index (χ4v) is 3.33. The monoisotopic (exact) mass is 359 g/mol. The third-order valence-electron chi connectivity index (χ3n) is 4.51. The van der Waals surface area contributed by atoms with Crippen molar-refractivity contribution in [2.24, 2.45) is 11.1 Å². The molecular formula is C18H21N3O5. The van der Waals surface area contributed by atoms with Crippen LogP contribution in [0.5, 0.6) is 0 Å². The molecule has 1 aliphatic heterocycles. The van der Waals surface area contributed by atoms with Gasteiger partial charge in [-0.1, -0.05) is 35.5 Å². The fraction of sp³-hybridized carbons (Fsp3) is 0.389. The van der Waals surface area contributed by atoms with E-state index in [9.17, 15) is 14.7 Å². The molecule has 0 unspecified atom stereocenters. The Kier molecular flexibility index (Phi) is 5.52. The zero-order valence-corrected chi connectivity index (χ0v) is 14.3. The number of fused-ring (bicyclic) bond motifs is 1. The number of carbonyl (C=O) groups excluding carboxylic acids is 2. The van der Waals surface area contributed by atoms with Crippen molar-refractivity contribution >= 4 is 17.6 Å². The molecule has 0 spiro atoms. The lowest BCUT2D eigenvalue weighted by molar-refractivity contribution is -0.115. The minimum absolute atomic E-state index is 0.295. The predicted octanol–water partition coefficient (Wildman–Crippen LogP) is 0.915. The van der Waals surface area contributed by atoms with Crippen LogP contribution in [0.3, 0.4) is 0 Å². The van der Waals surface area contributed by atoms with Crippen LogP contribution in [-0.4, -0.2) is 48.1 Å². The molecule has 0 radical (unpaired) electrons. The minimum atomic E-state index is -0.655. The third-order valence-corrected chi connectivity index (χ3v) is 4.51. The van der Waals surface area contributed by atoms with Crippen molar-refractivity contribution in [3.8, 4) is 0 Å². The van der Waals surface area contributed by atoms with E-state index in [4.69, 9.17) is 4.84 Å². The second kappa shape index (κ2) is 8.01. The summed E-state index contributed by atoms with van der Waals surface area (Å²) in [4.78, 5) is 29.2. The van der Waals surface area contributed by atoms with E-state index < -0.39 is 24.1 Å². The summed E-state index contributed by atoms with van der Waals surface area (Å²) in [6.45, 7) is 0. The van der Waals surface area contributed by atoms with Gasteiger partial charge in [-0.05, 0) is 18.4 Å². The smallest absolute Gasteiger partial charge is 0.321 e. The summed E-state index contributed by atoms with van der Waals surface area (Å²) in [5.74, 6) is -0.882. The molecule has 26 heavy (non-hydrogen) atoms. The molecule has 4 atom stereocenters. The van der Waals surface area contributed by atoms with Gasteiger partial charge in [0.25, 0.3) is 5.91 Å². The first kappa shape index (κ1) is 17.9. The quantitative estimate of drug-likeness (QED) is 0.547. The van der Waals surface area contributed by atoms with Gasteiger partial charge in [-0.25, -0.2) is 4.79 Å². The van der Waals surface area contributed by atoms with Crippen molar-refractivity contribution in [2.45, 2.75) is 31.1 Å². The van der Waals surface area contributed by atoms with E-state index in [0.717, 1.165) is 11.6 Å². The maximum Gasteiger partial charge on any atom is 0.321 e. The van der Waals surface area contributed by atoms with Crippen molar-refractivity contribution in [2.75, 3.05) is 7.11 Å². The summed E-state index contributed by atoms with van der Waals surface area (Å²) in [6.07, 6.45) is 2.14. The number of aliphatic hydroxyl groups excluding tert-OH is 1. The zero-order valence-electron chi connectivity index (χ0n) is 14.3. The van der Waals surface area contributed by atoms with Gasteiger partial charge in [0, 0.05) is 12.1 Å². The van der Waals surface area contributed by atoms with E-state index in [-0.39, 0.29) is 12.0 Å². The average molecular weight is 359 g/mol. The van der Waals surface area contributed by atoms with Crippen LogP contribution in [0.2, 0.25) is 0 Å². The number of amides is 3. The molecule has 1 fully saturated rings. The number of nitrogens with zero attached hydrogens (tertiary/aromatic N) is 1. The highest BCUT2D eigenvalue weighted by Crippen LogP contribution is 2.35. The van der Waals surface area contributed by atoms with Crippen LogP contribution in [0.15, 0.2) is 47.8 Å². The lowest BCUT2D eigenvalue weighted by Gasteiger charge is -2.35. The van der Waals surface area contributed by atoms with Crippen LogP contribution in [0.1, 0.15) is 18.4 Å². The van der Waals surface area contributed by atoms with Gasteiger partial charge in [-0.2, -0.15) is 0 Å². The van der Waals surface area contributed by atoms with Crippen molar-refractivity contribution in [3.63, 3.8) is 0 Å². The Labute approximate surface area is 150 Å². The third kappa shape index (κ3) is 3.85. The molecule has 0 saturated heterocycles. The maximum absolute atomic E-state index is 12.1. The molecule has 1 heterocycles. The first-order valence-corrected chi connectivity index (χ1v) is 8.38. The molecule has 1 aromatic rings. The number of benzene rings is 1. The normalized spacial score (nSPS) is 27.2. The van der Waals surface area contributed by atoms with Gasteiger partial charge >= 0.3 is 6.03 Å². The SMILES string of the molecule is CO/C=C\C(=O)NC(=O)N[C@@H]1CC[C@H](O)[C@H]2ON=C(c3ccccc3)[C@H]21. The second-order valence-corrected chi connectivity index (χ2v) is 6.19. The lowest BCUT2D eigenvalue weighted by Crippen LogP contribution is -2.55. The van der Waals surface area contributed by atoms with Gasteiger partial charge in [-0.15, -0.1) is 0 Å². The minimum Gasteiger partial charge on any atom is -0.504 e. The molecule has 3 amide bonds. The summed E-state index contributed by atoms with van der Waals surface area (Å²) in [5.41, 5.74) is 1.56. The van der Waals surface area contributed by atoms with Crippen LogP contribution >= 0.6 is 0 Å². The Morgan fingerprint density at radius 3 is 2.81 bits per heavy atom. The second-order valence-electron chi connectivity index (χ2n) is 6.19. The number of imide groups is 1. The zero-order chi connectivity index (χ0) is 18.5. The number of hydrogen-bond donors (Lipinski definition) is 3. The summed E-state index contributed by atoms with van der Waals surface area (Å²) in [7, 11) is 1.40. The van der Waals surface area contributed by atoms with Crippen LogP contribution in [0.25, 0.3) is 0 Å². The van der Waals surface area contributed by atoms with E-state index in [1.54, 1.807) is 0 Å². The first-order valence-electron chi connectivity index (χ1n) is 8.38. The largest absolute Gasteiger partial charge is 0.504 e. The first-order chi connectivity index (χ1) is 12.6.